The van der Waals surface area contributed by atoms with E-state index in [4.69, 9.17) is 0 Å². The van der Waals surface area contributed by atoms with Gasteiger partial charge in [-0.2, -0.15) is 5.10 Å². The van der Waals surface area contributed by atoms with Crippen molar-refractivity contribution in [1.82, 2.24) is 9.78 Å². The molecule has 0 aliphatic rings. The van der Waals surface area contributed by atoms with E-state index in [1.165, 1.54) is 44.9 Å². The van der Waals surface area contributed by atoms with Crippen LogP contribution in [-0.2, 0) is 6.54 Å². The Bertz CT molecular complexity index is 369. The van der Waals surface area contributed by atoms with Crippen molar-refractivity contribution in [3.8, 4) is 0 Å². The van der Waals surface area contributed by atoms with Crippen LogP contribution >= 0.6 is 0 Å². The minimum absolute atomic E-state index is 0.414. The van der Waals surface area contributed by atoms with Crippen LogP contribution in [0.4, 0.5) is 0 Å². The van der Waals surface area contributed by atoms with Gasteiger partial charge in [0.25, 0.3) is 0 Å². The SMILES string of the molecule is CCCCCCCCCn1nc(C)c(C(C)O)c1C. The number of aryl methyl sites for hydroxylation is 2. The molecule has 1 unspecified atom stereocenters. The Labute approximate surface area is 118 Å². The summed E-state index contributed by atoms with van der Waals surface area (Å²) in [6, 6.07) is 0. The molecule has 3 nitrogen and oxygen atoms in total. The minimum atomic E-state index is -0.414. The number of aromatic nitrogens is 2. The standard InChI is InChI=1S/C16H30N2O/c1-5-6-7-8-9-10-11-12-18-14(3)16(15(4)19)13(2)17-18/h15,19H,5-12H2,1-4H3. The predicted octanol–water partition coefficient (Wildman–Crippen LogP) is 4.30. The van der Waals surface area contributed by atoms with Crippen molar-refractivity contribution in [3.05, 3.63) is 17.0 Å². The summed E-state index contributed by atoms with van der Waals surface area (Å²) in [5.74, 6) is 0. The molecule has 19 heavy (non-hydrogen) atoms. The predicted molar refractivity (Wildman–Crippen MR) is 80.3 cm³/mol. The quantitative estimate of drug-likeness (QED) is 0.677. The number of rotatable bonds is 9. The van der Waals surface area contributed by atoms with E-state index in [9.17, 15) is 5.11 Å². The van der Waals surface area contributed by atoms with Gasteiger partial charge >= 0.3 is 0 Å². The van der Waals surface area contributed by atoms with Gasteiger partial charge < -0.3 is 5.11 Å². The first-order valence-electron chi connectivity index (χ1n) is 7.79. The highest BCUT2D eigenvalue weighted by Crippen LogP contribution is 2.21. The highest BCUT2D eigenvalue weighted by molar-refractivity contribution is 5.26. The third-order valence-corrected chi connectivity index (χ3v) is 3.83. The van der Waals surface area contributed by atoms with Crippen LogP contribution < -0.4 is 0 Å². The molecule has 0 aliphatic heterocycles. The lowest BCUT2D eigenvalue weighted by Gasteiger charge is -2.07. The van der Waals surface area contributed by atoms with Gasteiger partial charge in [0.2, 0.25) is 0 Å². The number of hydrogen-bond acceptors (Lipinski definition) is 2. The van der Waals surface area contributed by atoms with Crippen LogP contribution in [0.1, 0.15) is 81.8 Å². The molecular weight excluding hydrogens is 236 g/mol. The molecule has 110 valence electrons. The van der Waals surface area contributed by atoms with Gasteiger partial charge in [0.1, 0.15) is 0 Å². The molecule has 3 heteroatoms. The van der Waals surface area contributed by atoms with E-state index < -0.39 is 6.10 Å². The zero-order valence-electron chi connectivity index (χ0n) is 13.1. The number of aliphatic hydroxyl groups excluding tert-OH is 1. The van der Waals surface area contributed by atoms with Crippen LogP contribution in [0.5, 0.6) is 0 Å². The monoisotopic (exact) mass is 266 g/mol. The molecule has 1 atom stereocenters. The van der Waals surface area contributed by atoms with Gasteiger partial charge in [0.05, 0.1) is 11.8 Å². The third kappa shape index (κ3) is 4.98. The van der Waals surface area contributed by atoms with E-state index in [0.29, 0.717) is 0 Å². The molecule has 1 heterocycles. The Balaban J connectivity index is 2.32. The van der Waals surface area contributed by atoms with Crippen molar-refractivity contribution < 1.29 is 5.11 Å². The number of hydrogen-bond donors (Lipinski definition) is 1. The van der Waals surface area contributed by atoms with Gasteiger partial charge in [0, 0.05) is 17.8 Å². The summed E-state index contributed by atoms with van der Waals surface area (Å²) in [6.45, 7) is 9.09. The largest absolute Gasteiger partial charge is 0.389 e. The van der Waals surface area contributed by atoms with E-state index in [-0.39, 0.29) is 0 Å². The van der Waals surface area contributed by atoms with Crippen LogP contribution in [0.15, 0.2) is 0 Å². The zero-order chi connectivity index (χ0) is 14.3. The highest BCUT2D eigenvalue weighted by Gasteiger charge is 2.14. The van der Waals surface area contributed by atoms with Crippen molar-refractivity contribution in [1.29, 1.82) is 0 Å². The normalized spacial score (nSPS) is 12.9. The molecule has 1 N–H and O–H groups in total. The van der Waals surface area contributed by atoms with Crippen LogP contribution in [0.3, 0.4) is 0 Å². The van der Waals surface area contributed by atoms with E-state index >= 15 is 0 Å². The molecule has 0 bridgehead atoms. The molecule has 0 radical (unpaired) electrons. The van der Waals surface area contributed by atoms with Gasteiger partial charge in [0.15, 0.2) is 0 Å². The van der Waals surface area contributed by atoms with Crippen LogP contribution in [-0.4, -0.2) is 14.9 Å². The summed E-state index contributed by atoms with van der Waals surface area (Å²) in [6.07, 6.45) is 8.82. The van der Waals surface area contributed by atoms with Gasteiger partial charge in [-0.15, -0.1) is 0 Å². The summed E-state index contributed by atoms with van der Waals surface area (Å²) in [7, 11) is 0. The lowest BCUT2D eigenvalue weighted by atomic mass is 10.1. The molecule has 1 rings (SSSR count). The Kier molecular flexibility index (Phi) is 7.14. The molecule has 0 aromatic carbocycles. The van der Waals surface area contributed by atoms with E-state index in [2.05, 4.69) is 23.6 Å². The first kappa shape index (κ1) is 16.2. The van der Waals surface area contributed by atoms with Gasteiger partial charge in [-0.25, -0.2) is 0 Å². The highest BCUT2D eigenvalue weighted by atomic mass is 16.3. The molecule has 0 saturated heterocycles. The Hall–Kier alpha value is -0.830. The molecule has 0 aliphatic carbocycles. The molecule has 0 fully saturated rings. The van der Waals surface area contributed by atoms with Crippen LogP contribution in [0, 0.1) is 13.8 Å². The molecule has 0 spiro atoms. The summed E-state index contributed by atoms with van der Waals surface area (Å²) in [4.78, 5) is 0. The second-order valence-corrected chi connectivity index (χ2v) is 5.60. The summed E-state index contributed by atoms with van der Waals surface area (Å²) < 4.78 is 2.06. The third-order valence-electron chi connectivity index (χ3n) is 3.83. The van der Waals surface area contributed by atoms with E-state index in [1.807, 2.05) is 13.8 Å². The fourth-order valence-corrected chi connectivity index (χ4v) is 2.75. The maximum absolute atomic E-state index is 9.74. The van der Waals surface area contributed by atoms with Crippen molar-refractivity contribution in [2.75, 3.05) is 0 Å². The fourth-order valence-electron chi connectivity index (χ4n) is 2.75. The van der Waals surface area contributed by atoms with Gasteiger partial charge in [-0.3, -0.25) is 4.68 Å². The maximum atomic E-state index is 9.74. The second kappa shape index (κ2) is 8.36. The molecule has 0 saturated carbocycles. The number of unbranched alkanes of at least 4 members (excludes halogenated alkanes) is 6. The van der Waals surface area contributed by atoms with Gasteiger partial charge in [-0.05, 0) is 27.2 Å². The van der Waals surface area contributed by atoms with E-state index in [0.717, 1.165) is 23.5 Å². The first-order chi connectivity index (χ1) is 9.07. The van der Waals surface area contributed by atoms with Gasteiger partial charge in [-0.1, -0.05) is 45.4 Å². The van der Waals surface area contributed by atoms with Crippen molar-refractivity contribution in [2.24, 2.45) is 0 Å². The van der Waals surface area contributed by atoms with Crippen LogP contribution in [0.25, 0.3) is 0 Å². The maximum Gasteiger partial charge on any atom is 0.0797 e. The van der Waals surface area contributed by atoms with E-state index in [1.54, 1.807) is 0 Å². The van der Waals surface area contributed by atoms with Crippen molar-refractivity contribution >= 4 is 0 Å². The molecular formula is C16H30N2O. The van der Waals surface area contributed by atoms with Crippen molar-refractivity contribution in [2.45, 2.75) is 85.3 Å². The molecule has 1 aromatic rings. The average molecular weight is 266 g/mol. The smallest absolute Gasteiger partial charge is 0.0797 e. The Morgan fingerprint density at radius 1 is 1.05 bits per heavy atom. The summed E-state index contributed by atoms with van der Waals surface area (Å²) in [5, 5.41) is 14.3. The zero-order valence-corrected chi connectivity index (χ0v) is 13.1. The first-order valence-corrected chi connectivity index (χ1v) is 7.79. The average Bonchev–Trinajstić information content (AvgIpc) is 2.63. The summed E-state index contributed by atoms with van der Waals surface area (Å²) in [5.41, 5.74) is 3.09. The second-order valence-electron chi connectivity index (χ2n) is 5.60. The summed E-state index contributed by atoms with van der Waals surface area (Å²) >= 11 is 0. The number of nitrogens with zero attached hydrogens (tertiary/aromatic N) is 2. The Morgan fingerprint density at radius 2 is 1.63 bits per heavy atom. The van der Waals surface area contributed by atoms with Crippen molar-refractivity contribution in [3.63, 3.8) is 0 Å². The molecule has 0 amide bonds. The minimum Gasteiger partial charge on any atom is -0.389 e. The van der Waals surface area contributed by atoms with Crippen LogP contribution in [0.2, 0.25) is 0 Å². The lowest BCUT2D eigenvalue weighted by molar-refractivity contribution is 0.197. The molecule has 1 aromatic heterocycles. The Morgan fingerprint density at radius 3 is 2.16 bits per heavy atom. The lowest BCUT2D eigenvalue weighted by Crippen LogP contribution is -2.03. The number of aliphatic hydroxyl groups is 1. The topological polar surface area (TPSA) is 38.0 Å². The fraction of sp³-hybridized carbons (Fsp3) is 0.812.